The summed E-state index contributed by atoms with van der Waals surface area (Å²) in [6.07, 6.45) is 5.54. The first kappa shape index (κ1) is 17.0. The molecule has 1 amide bonds. The van der Waals surface area contributed by atoms with Crippen molar-refractivity contribution >= 4 is 17.4 Å². The first-order valence-electron chi connectivity index (χ1n) is 8.28. The Morgan fingerprint density at radius 1 is 1.50 bits per heavy atom. The standard InChI is InChI=1S/C17H23N5OS/c1-4-14-16(24-20-19-14)17(23)22(3)11-13-7-9-21(2)15(13)12-6-5-8-18-10-12/h5-6,8,10,13,15H,4,7,9,11H2,1-3H3/t13-,15-/m0/s1. The maximum atomic E-state index is 12.7. The first-order chi connectivity index (χ1) is 11.6. The molecule has 0 aliphatic carbocycles. The molecule has 3 heterocycles. The molecule has 1 saturated heterocycles. The first-order valence-corrected chi connectivity index (χ1v) is 9.06. The minimum Gasteiger partial charge on any atom is -0.341 e. The van der Waals surface area contributed by atoms with Crippen LogP contribution in [0, 0.1) is 5.92 Å². The number of hydrogen-bond donors (Lipinski definition) is 0. The van der Waals surface area contributed by atoms with Gasteiger partial charge in [-0.15, -0.1) is 5.10 Å². The van der Waals surface area contributed by atoms with Gasteiger partial charge in [-0.1, -0.05) is 17.5 Å². The van der Waals surface area contributed by atoms with Gasteiger partial charge < -0.3 is 4.90 Å². The average molecular weight is 345 g/mol. The molecule has 0 bridgehead atoms. The fourth-order valence-corrected chi connectivity index (χ4v) is 4.25. The summed E-state index contributed by atoms with van der Waals surface area (Å²) in [6, 6.07) is 4.40. The summed E-state index contributed by atoms with van der Waals surface area (Å²) >= 11 is 1.19. The highest BCUT2D eigenvalue weighted by Crippen LogP contribution is 2.36. The van der Waals surface area contributed by atoms with E-state index in [1.165, 1.54) is 17.1 Å². The SMILES string of the molecule is CCc1nnsc1C(=O)N(C)C[C@@H]1CCN(C)[C@H]1c1cccnc1. The predicted octanol–water partition coefficient (Wildman–Crippen LogP) is 2.26. The highest BCUT2D eigenvalue weighted by Gasteiger charge is 2.35. The molecule has 0 unspecified atom stereocenters. The van der Waals surface area contributed by atoms with Crippen LogP contribution in [0.4, 0.5) is 0 Å². The summed E-state index contributed by atoms with van der Waals surface area (Å²) in [7, 11) is 4.02. The Labute approximate surface area is 146 Å². The van der Waals surface area contributed by atoms with Crippen LogP contribution in [-0.4, -0.2) is 57.5 Å². The van der Waals surface area contributed by atoms with Gasteiger partial charge >= 0.3 is 0 Å². The van der Waals surface area contributed by atoms with E-state index in [-0.39, 0.29) is 5.91 Å². The number of likely N-dealkylation sites (tertiary alicyclic amines) is 1. The fraction of sp³-hybridized carbons (Fsp3) is 0.529. The molecule has 0 radical (unpaired) electrons. The molecule has 1 aliphatic heterocycles. The topological polar surface area (TPSA) is 62.2 Å². The van der Waals surface area contributed by atoms with Gasteiger partial charge in [-0.2, -0.15) is 0 Å². The van der Waals surface area contributed by atoms with Gasteiger partial charge in [0.15, 0.2) is 0 Å². The summed E-state index contributed by atoms with van der Waals surface area (Å²) in [6.45, 7) is 3.76. The van der Waals surface area contributed by atoms with Gasteiger partial charge in [0.1, 0.15) is 4.88 Å². The number of carbonyl (C=O) groups excluding carboxylic acids is 1. The van der Waals surface area contributed by atoms with E-state index in [4.69, 9.17) is 0 Å². The zero-order valence-corrected chi connectivity index (χ0v) is 15.2. The normalized spacial score (nSPS) is 21.1. The minimum atomic E-state index is 0.0290. The van der Waals surface area contributed by atoms with Gasteiger partial charge in [0.2, 0.25) is 0 Å². The third-order valence-electron chi connectivity index (χ3n) is 4.74. The van der Waals surface area contributed by atoms with Gasteiger partial charge in [-0.25, -0.2) is 0 Å². The van der Waals surface area contributed by atoms with Crippen LogP contribution in [0.1, 0.15) is 40.3 Å². The van der Waals surface area contributed by atoms with Crippen molar-refractivity contribution in [2.45, 2.75) is 25.8 Å². The van der Waals surface area contributed by atoms with Crippen molar-refractivity contribution in [2.75, 3.05) is 27.2 Å². The molecule has 3 rings (SSSR count). The second-order valence-electron chi connectivity index (χ2n) is 6.35. The number of hydrogen-bond acceptors (Lipinski definition) is 6. The number of rotatable bonds is 5. The summed E-state index contributed by atoms with van der Waals surface area (Å²) in [5.41, 5.74) is 2.02. The summed E-state index contributed by atoms with van der Waals surface area (Å²) in [5, 5.41) is 4.05. The Kier molecular flexibility index (Phi) is 5.20. The second-order valence-corrected chi connectivity index (χ2v) is 7.10. The maximum absolute atomic E-state index is 12.7. The van der Waals surface area contributed by atoms with Crippen molar-refractivity contribution in [1.82, 2.24) is 24.4 Å². The lowest BCUT2D eigenvalue weighted by Crippen LogP contribution is -2.34. The molecule has 7 heteroatoms. The molecule has 6 nitrogen and oxygen atoms in total. The van der Waals surface area contributed by atoms with E-state index in [9.17, 15) is 4.79 Å². The molecule has 24 heavy (non-hydrogen) atoms. The molecule has 2 aromatic rings. The van der Waals surface area contributed by atoms with E-state index in [2.05, 4.69) is 32.6 Å². The van der Waals surface area contributed by atoms with Crippen LogP contribution in [-0.2, 0) is 6.42 Å². The van der Waals surface area contributed by atoms with Crippen molar-refractivity contribution in [3.05, 3.63) is 40.7 Å². The number of pyridine rings is 1. The minimum absolute atomic E-state index is 0.0290. The van der Waals surface area contributed by atoms with Crippen molar-refractivity contribution < 1.29 is 4.79 Å². The van der Waals surface area contributed by atoms with E-state index in [1.54, 1.807) is 6.20 Å². The van der Waals surface area contributed by atoms with Gasteiger partial charge in [0.25, 0.3) is 5.91 Å². The molecular weight excluding hydrogens is 322 g/mol. The molecule has 0 N–H and O–H groups in total. The van der Waals surface area contributed by atoms with Crippen LogP contribution in [0.3, 0.4) is 0 Å². The predicted molar refractivity (Wildman–Crippen MR) is 94.0 cm³/mol. The lowest BCUT2D eigenvalue weighted by atomic mass is 9.94. The molecule has 128 valence electrons. The maximum Gasteiger partial charge on any atom is 0.267 e. The third kappa shape index (κ3) is 3.32. The Morgan fingerprint density at radius 3 is 3.04 bits per heavy atom. The van der Waals surface area contributed by atoms with Gasteiger partial charge in [0, 0.05) is 32.0 Å². The number of aromatic nitrogens is 3. The Morgan fingerprint density at radius 2 is 2.33 bits per heavy atom. The van der Waals surface area contributed by atoms with Crippen molar-refractivity contribution in [2.24, 2.45) is 5.92 Å². The summed E-state index contributed by atoms with van der Waals surface area (Å²) in [5.74, 6) is 0.431. The van der Waals surface area contributed by atoms with Crippen LogP contribution >= 0.6 is 11.5 Å². The Hall–Kier alpha value is -1.86. The van der Waals surface area contributed by atoms with E-state index < -0.39 is 0 Å². The molecule has 2 atom stereocenters. The quantitative estimate of drug-likeness (QED) is 0.832. The number of amides is 1. The van der Waals surface area contributed by atoms with E-state index in [1.807, 2.05) is 31.1 Å². The van der Waals surface area contributed by atoms with Crippen molar-refractivity contribution in [1.29, 1.82) is 0 Å². The van der Waals surface area contributed by atoms with Gasteiger partial charge in [-0.05, 0) is 55.5 Å². The molecular formula is C17H23N5OS. The van der Waals surface area contributed by atoms with Crippen LogP contribution in [0.15, 0.2) is 24.5 Å². The zero-order chi connectivity index (χ0) is 17.1. The smallest absolute Gasteiger partial charge is 0.267 e. The number of nitrogens with zero attached hydrogens (tertiary/aromatic N) is 5. The van der Waals surface area contributed by atoms with Crippen LogP contribution in [0.5, 0.6) is 0 Å². The lowest BCUT2D eigenvalue weighted by Gasteiger charge is -2.28. The highest BCUT2D eigenvalue weighted by atomic mass is 32.1. The van der Waals surface area contributed by atoms with Crippen molar-refractivity contribution in [3.63, 3.8) is 0 Å². The van der Waals surface area contributed by atoms with Crippen LogP contribution < -0.4 is 0 Å². The Bertz CT molecular complexity index is 689. The van der Waals surface area contributed by atoms with Gasteiger partial charge in [0.05, 0.1) is 5.69 Å². The fourth-order valence-electron chi connectivity index (χ4n) is 3.51. The second kappa shape index (κ2) is 7.36. The highest BCUT2D eigenvalue weighted by molar-refractivity contribution is 7.07. The monoisotopic (exact) mass is 345 g/mol. The van der Waals surface area contributed by atoms with Crippen LogP contribution in [0.2, 0.25) is 0 Å². The molecule has 1 fully saturated rings. The number of carbonyl (C=O) groups is 1. The molecule has 0 spiro atoms. The van der Waals surface area contributed by atoms with Crippen LogP contribution in [0.25, 0.3) is 0 Å². The van der Waals surface area contributed by atoms with Gasteiger partial charge in [-0.3, -0.25) is 14.7 Å². The zero-order valence-electron chi connectivity index (χ0n) is 14.3. The van der Waals surface area contributed by atoms with E-state index >= 15 is 0 Å². The summed E-state index contributed by atoms with van der Waals surface area (Å²) in [4.78, 5) is 21.8. The molecule has 0 aromatic carbocycles. The third-order valence-corrected chi connectivity index (χ3v) is 5.50. The average Bonchev–Trinajstić information content (AvgIpc) is 3.21. The molecule has 1 aliphatic rings. The van der Waals surface area contributed by atoms with Crippen molar-refractivity contribution in [3.8, 4) is 0 Å². The largest absolute Gasteiger partial charge is 0.341 e. The number of aryl methyl sites for hydroxylation is 1. The van der Waals surface area contributed by atoms with E-state index in [0.29, 0.717) is 16.8 Å². The Balaban J connectivity index is 1.73. The molecule has 0 saturated carbocycles. The lowest BCUT2D eigenvalue weighted by molar-refractivity contribution is 0.0764. The molecule has 2 aromatic heterocycles. The summed E-state index contributed by atoms with van der Waals surface area (Å²) < 4.78 is 3.93. The van der Waals surface area contributed by atoms with E-state index in [0.717, 1.165) is 31.6 Å².